The van der Waals surface area contributed by atoms with Crippen LogP contribution in [-0.2, 0) is 32.4 Å². The van der Waals surface area contributed by atoms with Crippen LogP contribution in [0.5, 0.6) is 0 Å². The summed E-state index contributed by atoms with van der Waals surface area (Å²) in [5.41, 5.74) is 1.49. The molecular formula is C9H13N4O4S+. The summed E-state index contributed by atoms with van der Waals surface area (Å²) >= 11 is 0. The Balaban J connectivity index is 2.06. The first-order valence-electron chi connectivity index (χ1n) is 5.14. The SMILES string of the molecule is COS(=O)(=O)OCC[n+]1ccc2ncn(C)c2n1. The molecule has 2 rings (SSSR count). The zero-order valence-corrected chi connectivity index (χ0v) is 10.8. The van der Waals surface area contributed by atoms with E-state index in [0.29, 0.717) is 12.2 Å². The smallest absolute Gasteiger partial charge is 0.313 e. The van der Waals surface area contributed by atoms with Crippen LogP contribution in [0.4, 0.5) is 0 Å². The molecule has 2 aromatic heterocycles. The molecule has 0 aliphatic carbocycles. The van der Waals surface area contributed by atoms with Crippen LogP contribution in [0.1, 0.15) is 0 Å². The van der Waals surface area contributed by atoms with Crippen molar-refractivity contribution >= 4 is 21.6 Å². The van der Waals surface area contributed by atoms with Gasteiger partial charge in [0, 0.05) is 18.2 Å². The van der Waals surface area contributed by atoms with Gasteiger partial charge in [0.1, 0.15) is 12.1 Å². The van der Waals surface area contributed by atoms with E-state index in [2.05, 4.69) is 18.4 Å². The van der Waals surface area contributed by atoms with E-state index in [1.165, 1.54) is 0 Å². The Kier molecular flexibility index (Phi) is 3.55. The first kappa shape index (κ1) is 12.9. The Bertz CT molecular complexity index is 652. The van der Waals surface area contributed by atoms with Crippen LogP contribution in [0.15, 0.2) is 18.6 Å². The van der Waals surface area contributed by atoms with Gasteiger partial charge in [-0.3, -0.25) is 4.18 Å². The topological polar surface area (TPSA) is 87.2 Å². The quantitative estimate of drug-likeness (QED) is 0.660. The van der Waals surface area contributed by atoms with Gasteiger partial charge in [-0.2, -0.15) is 8.42 Å². The molecule has 0 aliphatic heterocycles. The number of aromatic nitrogens is 4. The van der Waals surface area contributed by atoms with Gasteiger partial charge in [-0.15, -0.1) is 0 Å². The van der Waals surface area contributed by atoms with Crippen molar-refractivity contribution in [3.63, 3.8) is 0 Å². The summed E-state index contributed by atoms with van der Waals surface area (Å²) in [6, 6.07) is 1.80. The first-order chi connectivity index (χ1) is 8.52. The summed E-state index contributed by atoms with van der Waals surface area (Å²) in [4.78, 5) is 4.13. The molecule has 2 aromatic rings. The van der Waals surface area contributed by atoms with Gasteiger partial charge in [-0.1, -0.05) is 4.68 Å². The van der Waals surface area contributed by atoms with Gasteiger partial charge in [-0.25, -0.2) is 9.17 Å². The van der Waals surface area contributed by atoms with Crippen LogP contribution in [0.3, 0.4) is 0 Å². The second-order valence-corrected chi connectivity index (χ2v) is 4.93. The Morgan fingerprint density at radius 3 is 3.00 bits per heavy atom. The van der Waals surface area contributed by atoms with Crippen molar-refractivity contribution in [3.05, 3.63) is 18.6 Å². The van der Waals surface area contributed by atoms with Crippen LogP contribution < -0.4 is 4.68 Å². The minimum absolute atomic E-state index is 0.0444. The molecule has 0 aliphatic rings. The number of imidazole rings is 1. The number of aryl methyl sites for hydroxylation is 1. The number of nitrogens with zero attached hydrogens (tertiary/aromatic N) is 4. The Labute approximate surface area is 104 Å². The van der Waals surface area contributed by atoms with E-state index in [0.717, 1.165) is 12.6 Å². The molecule has 0 saturated heterocycles. The predicted octanol–water partition coefficient (Wildman–Crippen LogP) is -0.836. The van der Waals surface area contributed by atoms with Crippen LogP contribution >= 0.6 is 0 Å². The molecule has 0 spiro atoms. The summed E-state index contributed by atoms with van der Waals surface area (Å²) < 4.78 is 33.9. The maximum Gasteiger partial charge on any atom is 0.399 e. The minimum atomic E-state index is -3.89. The van der Waals surface area contributed by atoms with E-state index in [-0.39, 0.29) is 6.61 Å². The predicted molar refractivity (Wildman–Crippen MR) is 60.6 cm³/mol. The average Bonchev–Trinajstić information content (AvgIpc) is 2.71. The van der Waals surface area contributed by atoms with Crippen LogP contribution in [0, 0.1) is 0 Å². The molecule has 0 aromatic carbocycles. The van der Waals surface area contributed by atoms with Crippen molar-refractivity contribution in [1.82, 2.24) is 14.6 Å². The highest BCUT2D eigenvalue weighted by atomic mass is 32.3. The lowest BCUT2D eigenvalue weighted by Gasteiger charge is -1.99. The van der Waals surface area contributed by atoms with Crippen molar-refractivity contribution in [2.24, 2.45) is 7.05 Å². The molecule has 0 fully saturated rings. The Morgan fingerprint density at radius 1 is 1.50 bits per heavy atom. The number of hydrogen-bond acceptors (Lipinski definition) is 6. The first-order valence-corrected chi connectivity index (χ1v) is 6.48. The lowest BCUT2D eigenvalue weighted by atomic mass is 10.5. The van der Waals surface area contributed by atoms with Gasteiger partial charge in [0.2, 0.25) is 5.65 Å². The molecule has 18 heavy (non-hydrogen) atoms. The van der Waals surface area contributed by atoms with Gasteiger partial charge in [0.25, 0.3) is 0 Å². The van der Waals surface area contributed by atoms with E-state index in [1.54, 1.807) is 27.8 Å². The molecule has 0 saturated carbocycles. The normalized spacial score (nSPS) is 12.1. The van der Waals surface area contributed by atoms with E-state index in [1.807, 2.05) is 7.05 Å². The molecule has 8 nitrogen and oxygen atoms in total. The molecule has 0 N–H and O–H groups in total. The highest BCUT2D eigenvalue weighted by Crippen LogP contribution is 2.03. The molecular weight excluding hydrogens is 260 g/mol. The highest BCUT2D eigenvalue weighted by Gasteiger charge is 2.13. The maximum atomic E-state index is 10.9. The van der Waals surface area contributed by atoms with Crippen LogP contribution in [0.25, 0.3) is 11.2 Å². The number of rotatable bonds is 5. The monoisotopic (exact) mass is 273 g/mol. The van der Waals surface area contributed by atoms with Gasteiger partial charge < -0.3 is 4.57 Å². The van der Waals surface area contributed by atoms with Crippen molar-refractivity contribution in [3.8, 4) is 0 Å². The van der Waals surface area contributed by atoms with E-state index in [9.17, 15) is 8.42 Å². The third-order valence-corrected chi connectivity index (χ3v) is 3.18. The van der Waals surface area contributed by atoms with Gasteiger partial charge >= 0.3 is 10.4 Å². The Hall–Kier alpha value is -1.58. The van der Waals surface area contributed by atoms with Crippen LogP contribution in [-0.4, -0.2) is 36.8 Å². The van der Waals surface area contributed by atoms with E-state index in [4.69, 9.17) is 0 Å². The maximum absolute atomic E-state index is 10.9. The average molecular weight is 273 g/mol. The summed E-state index contributed by atoms with van der Waals surface area (Å²) in [5.74, 6) is 0. The standard InChI is InChI=1S/C9H13N4O4S/c1-12-7-10-8-3-4-13(11-9(8)12)5-6-17-18(14,15)16-2/h3-4,7H,5-6H2,1-2H3/q+1. The summed E-state index contributed by atoms with van der Waals surface area (Å²) in [6.45, 7) is 0.251. The van der Waals surface area contributed by atoms with Crippen molar-refractivity contribution in [2.75, 3.05) is 13.7 Å². The molecule has 0 bridgehead atoms. The molecule has 0 unspecified atom stereocenters. The highest BCUT2D eigenvalue weighted by molar-refractivity contribution is 7.81. The lowest BCUT2D eigenvalue weighted by Crippen LogP contribution is -2.40. The fraction of sp³-hybridized carbons (Fsp3) is 0.444. The van der Waals surface area contributed by atoms with Gasteiger partial charge in [0.05, 0.1) is 13.4 Å². The van der Waals surface area contributed by atoms with Crippen molar-refractivity contribution in [1.29, 1.82) is 0 Å². The minimum Gasteiger partial charge on any atom is -0.313 e. The summed E-state index contributed by atoms with van der Waals surface area (Å²) in [6.07, 6.45) is 3.37. The van der Waals surface area contributed by atoms with Crippen molar-refractivity contribution < 1.29 is 21.5 Å². The van der Waals surface area contributed by atoms with E-state index < -0.39 is 10.4 Å². The summed E-state index contributed by atoms with van der Waals surface area (Å²) in [7, 11) is -1.01. The fourth-order valence-corrected chi connectivity index (χ4v) is 1.77. The third kappa shape index (κ3) is 2.81. The molecule has 9 heteroatoms. The number of hydrogen-bond donors (Lipinski definition) is 0. The summed E-state index contributed by atoms with van der Waals surface area (Å²) in [5, 5.41) is 4.28. The molecule has 0 amide bonds. The third-order valence-electron chi connectivity index (χ3n) is 2.31. The molecule has 0 atom stereocenters. The fourth-order valence-electron chi connectivity index (χ4n) is 1.40. The second kappa shape index (κ2) is 4.96. The largest absolute Gasteiger partial charge is 0.399 e. The van der Waals surface area contributed by atoms with Gasteiger partial charge in [0.15, 0.2) is 12.7 Å². The second-order valence-electron chi connectivity index (χ2n) is 3.54. The zero-order chi connectivity index (χ0) is 13.2. The molecule has 2 heterocycles. The zero-order valence-electron chi connectivity index (χ0n) is 9.98. The van der Waals surface area contributed by atoms with Crippen molar-refractivity contribution in [2.45, 2.75) is 6.54 Å². The van der Waals surface area contributed by atoms with E-state index >= 15 is 0 Å². The Morgan fingerprint density at radius 2 is 2.28 bits per heavy atom. The lowest BCUT2D eigenvalue weighted by molar-refractivity contribution is -0.752. The van der Waals surface area contributed by atoms with Gasteiger partial charge in [-0.05, 0) is 0 Å². The number of fused-ring (bicyclic) bond motifs is 1. The molecule has 0 radical (unpaired) electrons. The van der Waals surface area contributed by atoms with Crippen LogP contribution in [0.2, 0.25) is 0 Å². The molecule has 98 valence electrons.